The number of aryl methyl sites for hydroxylation is 1. The summed E-state index contributed by atoms with van der Waals surface area (Å²) in [5, 5.41) is 4.75. The molecule has 0 saturated heterocycles. The molecule has 21 heavy (non-hydrogen) atoms. The van der Waals surface area contributed by atoms with Crippen molar-refractivity contribution in [2.75, 3.05) is 25.0 Å². The summed E-state index contributed by atoms with van der Waals surface area (Å²) in [6, 6.07) is 10.3. The maximum atomic E-state index is 5.79. The van der Waals surface area contributed by atoms with Crippen molar-refractivity contribution in [3.05, 3.63) is 41.6 Å². The maximum Gasteiger partial charge on any atom is 0.135 e. The highest BCUT2D eigenvalue weighted by atomic mass is 15.4. The van der Waals surface area contributed by atoms with Crippen LogP contribution in [0.2, 0.25) is 0 Å². The third-order valence-corrected chi connectivity index (χ3v) is 3.55. The predicted octanol–water partition coefficient (Wildman–Crippen LogP) is 2.77. The second kappa shape index (κ2) is 6.76. The number of anilines is 1. The van der Waals surface area contributed by atoms with Crippen LogP contribution >= 0.6 is 0 Å². The molecule has 0 spiro atoms. The van der Waals surface area contributed by atoms with Gasteiger partial charge in [-0.2, -0.15) is 5.10 Å². The van der Waals surface area contributed by atoms with Crippen molar-refractivity contribution in [3.8, 4) is 5.69 Å². The molecule has 0 aliphatic carbocycles. The minimum atomic E-state index is 0.597. The van der Waals surface area contributed by atoms with Gasteiger partial charge >= 0.3 is 0 Å². The molecule has 1 heterocycles. The van der Waals surface area contributed by atoms with Crippen LogP contribution in [-0.2, 0) is 6.42 Å². The van der Waals surface area contributed by atoms with E-state index in [4.69, 9.17) is 10.8 Å². The van der Waals surface area contributed by atoms with Crippen LogP contribution in [0.4, 0.5) is 5.82 Å². The molecule has 0 aliphatic rings. The molecular formula is C17H26N4. The van der Waals surface area contributed by atoms with Gasteiger partial charge in [0.2, 0.25) is 0 Å². The second-order valence-corrected chi connectivity index (χ2v) is 5.95. The fourth-order valence-electron chi connectivity index (χ4n) is 2.76. The van der Waals surface area contributed by atoms with Gasteiger partial charge in [-0.3, -0.25) is 0 Å². The number of hydrogen-bond donors (Lipinski definition) is 1. The Bertz CT molecular complexity index is 572. The van der Waals surface area contributed by atoms with E-state index in [1.165, 1.54) is 5.56 Å². The molecule has 1 aromatic carbocycles. The number of aromatic nitrogens is 2. The number of benzene rings is 1. The van der Waals surface area contributed by atoms with Gasteiger partial charge in [0.05, 0.1) is 11.4 Å². The van der Waals surface area contributed by atoms with Crippen molar-refractivity contribution in [2.45, 2.75) is 27.2 Å². The molecule has 0 unspecified atom stereocenters. The molecule has 0 atom stereocenters. The van der Waals surface area contributed by atoms with Crippen molar-refractivity contribution in [1.82, 2.24) is 9.78 Å². The topological polar surface area (TPSA) is 47.1 Å². The lowest BCUT2D eigenvalue weighted by Crippen LogP contribution is -2.26. The summed E-state index contributed by atoms with van der Waals surface area (Å²) in [4.78, 5) is 2.29. The van der Waals surface area contributed by atoms with E-state index in [9.17, 15) is 0 Å². The van der Waals surface area contributed by atoms with Crippen molar-refractivity contribution in [2.24, 2.45) is 11.7 Å². The van der Waals surface area contributed by atoms with E-state index in [1.54, 1.807) is 0 Å². The van der Waals surface area contributed by atoms with Gasteiger partial charge in [0.15, 0.2) is 0 Å². The molecule has 114 valence electrons. The number of hydrogen-bond acceptors (Lipinski definition) is 3. The molecular weight excluding hydrogens is 260 g/mol. The van der Waals surface area contributed by atoms with Gasteiger partial charge in [0.25, 0.3) is 0 Å². The highest BCUT2D eigenvalue weighted by Gasteiger charge is 2.19. The van der Waals surface area contributed by atoms with E-state index >= 15 is 0 Å². The Hall–Kier alpha value is -1.81. The SMILES string of the molecule is Cc1nn(-c2ccccc2)c(N(C)CC(C)C)c1CCN. The zero-order valence-electron chi connectivity index (χ0n) is 13.5. The van der Waals surface area contributed by atoms with E-state index < -0.39 is 0 Å². The van der Waals surface area contributed by atoms with E-state index in [2.05, 4.69) is 44.9 Å². The zero-order valence-corrected chi connectivity index (χ0v) is 13.5. The molecule has 0 saturated carbocycles. The van der Waals surface area contributed by atoms with Gasteiger partial charge in [-0.05, 0) is 37.9 Å². The van der Waals surface area contributed by atoms with E-state index in [-0.39, 0.29) is 0 Å². The van der Waals surface area contributed by atoms with Crippen LogP contribution in [0, 0.1) is 12.8 Å². The van der Waals surface area contributed by atoms with Crippen LogP contribution in [0.3, 0.4) is 0 Å². The molecule has 4 nitrogen and oxygen atoms in total. The van der Waals surface area contributed by atoms with Gasteiger partial charge in [-0.15, -0.1) is 0 Å². The van der Waals surface area contributed by atoms with Crippen LogP contribution in [0.5, 0.6) is 0 Å². The monoisotopic (exact) mass is 286 g/mol. The van der Waals surface area contributed by atoms with Gasteiger partial charge < -0.3 is 10.6 Å². The van der Waals surface area contributed by atoms with Gasteiger partial charge in [0.1, 0.15) is 5.82 Å². The Morgan fingerprint density at radius 2 is 1.90 bits per heavy atom. The zero-order chi connectivity index (χ0) is 15.4. The summed E-state index contributed by atoms with van der Waals surface area (Å²) in [5.41, 5.74) is 9.20. The Morgan fingerprint density at radius 3 is 2.48 bits per heavy atom. The summed E-state index contributed by atoms with van der Waals surface area (Å²) in [5.74, 6) is 1.76. The first-order valence-electron chi connectivity index (χ1n) is 7.59. The summed E-state index contributed by atoms with van der Waals surface area (Å²) < 4.78 is 2.04. The largest absolute Gasteiger partial charge is 0.359 e. The number of rotatable bonds is 6. The number of nitrogens with zero attached hydrogens (tertiary/aromatic N) is 3. The third-order valence-electron chi connectivity index (χ3n) is 3.55. The standard InChI is InChI=1S/C17H26N4/c1-13(2)12-20(4)17-16(10-11-18)14(3)19-21(17)15-8-6-5-7-9-15/h5-9,13H,10-12,18H2,1-4H3. The number of para-hydroxylation sites is 1. The average Bonchev–Trinajstić information content (AvgIpc) is 2.77. The lowest BCUT2D eigenvalue weighted by molar-refractivity contribution is 0.627. The first-order chi connectivity index (χ1) is 10.0. The van der Waals surface area contributed by atoms with Crippen LogP contribution in [0.15, 0.2) is 30.3 Å². The molecule has 0 amide bonds. The van der Waals surface area contributed by atoms with Gasteiger partial charge in [-0.25, -0.2) is 4.68 Å². The van der Waals surface area contributed by atoms with E-state index in [0.717, 1.165) is 30.2 Å². The molecule has 4 heteroatoms. The van der Waals surface area contributed by atoms with Gasteiger partial charge in [-0.1, -0.05) is 32.0 Å². The maximum absolute atomic E-state index is 5.79. The second-order valence-electron chi connectivity index (χ2n) is 5.95. The summed E-state index contributed by atoms with van der Waals surface area (Å²) >= 11 is 0. The lowest BCUT2D eigenvalue weighted by Gasteiger charge is -2.24. The Kier molecular flexibility index (Phi) is 5.02. The van der Waals surface area contributed by atoms with Crippen LogP contribution in [-0.4, -0.2) is 29.9 Å². The molecule has 2 N–H and O–H groups in total. The smallest absolute Gasteiger partial charge is 0.135 e. The van der Waals surface area contributed by atoms with Crippen molar-refractivity contribution in [1.29, 1.82) is 0 Å². The van der Waals surface area contributed by atoms with Crippen molar-refractivity contribution >= 4 is 5.82 Å². The normalized spacial score (nSPS) is 11.1. The molecule has 0 bridgehead atoms. The predicted molar refractivity (Wildman–Crippen MR) is 89.2 cm³/mol. The van der Waals surface area contributed by atoms with Crippen molar-refractivity contribution < 1.29 is 0 Å². The number of nitrogens with two attached hydrogens (primary N) is 1. The quantitative estimate of drug-likeness (QED) is 0.888. The highest BCUT2D eigenvalue weighted by Crippen LogP contribution is 2.27. The third kappa shape index (κ3) is 3.45. The first-order valence-corrected chi connectivity index (χ1v) is 7.59. The summed E-state index contributed by atoms with van der Waals surface area (Å²) in [6.45, 7) is 8.17. The Morgan fingerprint density at radius 1 is 1.24 bits per heavy atom. The highest BCUT2D eigenvalue weighted by molar-refractivity contribution is 5.55. The minimum absolute atomic E-state index is 0.597. The van der Waals surface area contributed by atoms with Crippen LogP contribution in [0.1, 0.15) is 25.1 Å². The van der Waals surface area contributed by atoms with Crippen LogP contribution in [0.25, 0.3) is 5.69 Å². The van der Waals surface area contributed by atoms with E-state index in [1.807, 2.05) is 22.9 Å². The average molecular weight is 286 g/mol. The molecule has 1 aromatic heterocycles. The first kappa shape index (κ1) is 15.6. The fourth-order valence-corrected chi connectivity index (χ4v) is 2.76. The molecule has 2 rings (SSSR count). The Balaban J connectivity index is 2.52. The van der Waals surface area contributed by atoms with Crippen molar-refractivity contribution in [3.63, 3.8) is 0 Å². The minimum Gasteiger partial charge on any atom is -0.359 e. The van der Waals surface area contributed by atoms with E-state index in [0.29, 0.717) is 12.5 Å². The molecule has 2 aromatic rings. The fraction of sp³-hybridized carbons (Fsp3) is 0.471. The molecule has 0 radical (unpaired) electrons. The Labute approximate surface area is 127 Å². The molecule has 0 aliphatic heterocycles. The molecule has 0 fully saturated rings. The van der Waals surface area contributed by atoms with Crippen LogP contribution < -0.4 is 10.6 Å². The summed E-state index contributed by atoms with van der Waals surface area (Å²) in [6.07, 6.45) is 0.858. The summed E-state index contributed by atoms with van der Waals surface area (Å²) in [7, 11) is 2.13. The van der Waals surface area contributed by atoms with Gasteiger partial charge in [0, 0.05) is 19.2 Å². The lowest BCUT2D eigenvalue weighted by atomic mass is 10.1.